The molecule has 0 atom stereocenters. The van der Waals surface area contributed by atoms with E-state index in [0.29, 0.717) is 30.2 Å². The predicted octanol–water partition coefficient (Wildman–Crippen LogP) is 3.62. The standard InChI is InChI=1S/C22H21N3O4/c26-21(23-18-6-2-7-19(15-18)25-9-12-28-13-10-25)16-4-1-5-17(14-16)24-22(27)20-8-3-11-29-20/h1-8,11,14-15H,9-10,12-13H2,(H,23,26)(H,24,27). The van der Waals surface area contributed by atoms with Gasteiger partial charge in [0.25, 0.3) is 11.8 Å². The lowest BCUT2D eigenvalue weighted by Gasteiger charge is -2.29. The first-order valence-corrected chi connectivity index (χ1v) is 9.38. The molecule has 3 aromatic rings. The monoisotopic (exact) mass is 391 g/mol. The van der Waals surface area contributed by atoms with Crippen molar-refractivity contribution in [2.75, 3.05) is 41.8 Å². The molecule has 7 heteroatoms. The maximum atomic E-state index is 12.7. The largest absolute Gasteiger partial charge is 0.459 e. The summed E-state index contributed by atoms with van der Waals surface area (Å²) in [5.74, 6) is -0.413. The molecule has 2 amide bonds. The molecule has 0 aliphatic carbocycles. The molecule has 1 aliphatic heterocycles. The van der Waals surface area contributed by atoms with Crippen LogP contribution < -0.4 is 15.5 Å². The third-order valence-corrected chi connectivity index (χ3v) is 4.61. The fraction of sp³-hybridized carbons (Fsp3) is 0.182. The lowest BCUT2D eigenvalue weighted by molar-refractivity contribution is 0.0993. The molecule has 2 aromatic carbocycles. The molecular formula is C22H21N3O4. The number of benzene rings is 2. The summed E-state index contributed by atoms with van der Waals surface area (Å²) < 4.78 is 10.5. The molecule has 2 heterocycles. The van der Waals surface area contributed by atoms with Crippen LogP contribution in [0.5, 0.6) is 0 Å². The molecule has 4 rings (SSSR count). The number of amides is 2. The van der Waals surface area contributed by atoms with Crippen LogP contribution >= 0.6 is 0 Å². The number of rotatable bonds is 5. The van der Waals surface area contributed by atoms with E-state index in [4.69, 9.17) is 9.15 Å². The zero-order valence-electron chi connectivity index (χ0n) is 15.8. The van der Waals surface area contributed by atoms with Crippen molar-refractivity contribution < 1.29 is 18.7 Å². The summed E-state index contributed by atoms with van der Waals surface area (Å²) in [6.07, 6.45) is 1.43. The highest BCUT2D eigenvalue weighted by molar-refractivity contribution is 6.06. The SMILES string of the molecule is O=C(Nc1cccc(N2CCOCC2)c1)c1cccc(NC(=O)c2ccco2)c1. The molecule has 0 saturated carbocycles. The number of anilines is 3. The van der Waals surface area contributed by atoms with Gasteiger partial charge in [0.2, 0.25) is 0 Å². The van der Waals surface area contributed by atoms with Crippen molar-refractivity contribution in [1.82, 2.24) is 0 Å². The quantitative estimate of drug-likeness (QED) is 0.694. The molecule has 29 heavy (non-hydrogen) atoms. The number of ether oxygens (including phenoxy) is 1. The van der Waals surface area contributed by atoms with Crippen LogP contribution in [0, 0.1) is 0 Å². The van der Waals surface area contributed by atoms with Gasteiger partial charge in [-0.25, -0.2) is 0 Å². The molecule has 0 radical (unpaired) electrons. The Morgan fingerprint density at radius 1 is 0.828 bits per heavy atom. The topological polar surface area (TPSA) is 83.8 Å². The Hall–Kier alpha value is -3.58. The smallest absolute Gasteiger partial charge is 0.291 e. The summed E-state index contributed by atoms with van der Waals surface area (Å²) in [4.78, 5) is 27.0. The minimum Gasteiger partial charge on any atom is -0.459 e. The number of nitrogens with zero attached hydrogens (tertiary/aromatic N) is 1. The molecule has 1 aliphatic rings. The number of furan rings is 1. The van der Waals surface area contributed by atoms with Crippen molar-refractivity contribution in [3.63, 3.8) is 0 Å². The van der Waals surface area contributed by atoms with Crippen molar-refractivity contribution in [1.29, 1.82) is 0 Å². The minimum absolute atomic E-state index is 0.208. The fourth-order valence-corrected chi connectivity index (χ4v) is 3.14. The van der Waals surface area contributed by atoms with E-state index >= 15 is 0 Å². The lowest BCUT2D eigenvalue weighted by atomic mass is 10.1. The van der Waals surface area contributed by atoms with E-state index in [-0.39, 0.29) is 17.6 Å². The van der Waals surface area contributed by atoms with Crippen LogP contribution in [0.2, 0.25) is 0 Å². The van der Waals surface area contributed by atoms with Gasteiger partial charge in [-0.2, -0.15) is 0 Å². The van der Waals surface area contributed by atoms with Crippen LogP contribution in [0.25, 0.3) is 0 Å². The van der Waals surface area contributed by atoms with Crippen LogP contribution in [0.1, 0.15) is 20.9 Å². The van der Waals surface area contributed by atoms with Crippen molar-refractivity contribution in [3.05, 3.63) is 78.3 Å². The molecular weight excluding hydrogens is 370 g/mol. The van der Waals surface area contributed by atoms with Gasteiger partial charge in [0.05, 0.1) is 19.5 Å². The number of carbonyl (C=O) groups is 2. The molecule has 0 unspecified atom stereocenters. The molecule has 0 bridgehead atoms. The second-order valence-corrected chi connectivity index (χ2v) is 6.62. The highest BCUT2D eigenvalue weighted by atomic mass is 16.5. The fourth-order valence-electron chi connectivity index (χ4n) is 3.14. The highest BCUT2D eigenvalue weighted by Crippen LogP contribution is 2.21. The first-order valence-electron chi connectivity index (χ1n) is 9.38. The van der Waals surface area contributed by atoms with Gasteiger partial charge in [-0.1, -0.05) is 12.1 Å². The summed E-state index contributed by atoms with van der Waals surface area (Å²) >= 11 is 0. The number of morpholine rings is 1. The summed E-state index contributed by atoms with van der Waals surface area (Å²) in [6.45, 7) is 3.06. The highest BCUT2D eigenvalue weighted by Gasteiger charge is 2.14. The van der Waals surface area contributed by atoms with Crippen molar-refractivity contribution >= 4 is 28.9 Å². The van der Waals surface area contributed by atoms with Crippen LogP contribution in [0.3, 0.4) is 0 Å². The average Bonchev–Trinajstić information content (AvgIpc) is 3.30. The normalized spacial score (nSPS) is 13.7. The van der Waals surface area contributed by atoms with Gasteiger partial charge >= 0.3 is 0 Å². The molecule has 1 saturated heterocycles. The number of hydrogen-bond donors (Lipinski definition) is 2. The van der Waals surface area contributed by atoms with E-state index in [1.165, 1.54) is 6.26 Å². The van der Waals surface area contributed by atoms with E-state index < -0.39 is 0 Å². The maximum absolute atomic E-state index is 12.7. The molecule has 7 nitrogen and oxygen atoms in total. The predicted molar refractivity (Wildman–Crippen MR) is 111 cm³/mol. The number of hydrogen-bond acceptors (Lipinski definition) is 5. The molecule has 148 valence electrons. The van der Waals surface area contributed by atoms with Gasteiger partial charge in [-0.15, -0.1) is 0 Å². The maximum Gasteiger partial charge on any atom is 0.291 e. The van der Waals surface area contributed by atoms with E-state index in [9.17, 15) is 9.59 Å². The van der Waals surface area contributed by atoms with Crippen molar-refractivity contribution in [2.45, 2.75) is 0 Å². The van der Waals surface area contributed by atoms with E-state index in [1.54, 1.807) is 36.4 Å². The van der Waals surface area contributed by atoms with Gasteiger partial charge < -0.3 is 24.7 Å². The van der Waals surface area contributed by atoms with Gasteiger partial charge in [-0.05, 0) is 48.5 Å². The third kappa shape index (κ3) is 4.64. The lowest BCUT2D eigenvalue weighted by Crippen LogP contribution is -2.36. The first-order chi connectivity index (χ1) is 14.2. The first kappa shape index (κ1) is 18.8. The van der Waals surface area contributed by atoms with Crippen LogP contribution in [-0.2, 0) is 4.74 Å². The van der Waals surface area contributed by atoms with Gasteiger partial charge in [-0.3, -0.25) is 9.59 Å². The number of carbonyl (C=O) groups excluding carboxylic acids is 2. The van der Waals surface area contributed by atoms with Gasteiger partial charge in [0.15, 0.2) is 5.76 Å². The summed E-state index contributed by atoms with van der Waals surface area (Å²) in [6, 6.07) is 17.7. The van der Waals surface area contributed by atoms with Crippen molar-refractivity contribution in [2.24, 2.45) is 0 Å². The third-order valence-electron chi connectivity index (χ3n) is 4.61. The summed E-state index contributed by atoms with van der Waals surface area (Å²) in [5.41, 5.74) is 2.72. The Morgan fingerprint density at radius 3 is 2.31 bits per heavy atom. The number of nitrogens with one attached hydrogen (secondary N) is 2. The van der Waals surface area contributed by atoms with E-state index in [2.05, 4.69) is 15.5 Å². The van der Waals surface area contributed by atoms with Gasteiger partial charge in [0.1, 0.15) is 0 Å². The second kappa shape index (κ2) is 8.62. The van der Waals surface area contributed by atoms with Crippen LogP contribution in [0.15, 0.2) is 71.3 Å². The minimum atomic E-state index is -0.370. The Bertz CT molecular complexity index is 995. The zero-order valence-corrected chi connectivity index (χ0v) is 15.8. The van der Waals surface area contributed by atoms with Crippen LogP contribution in [-0.4, -0.2) is 38.1 Å². The average molecular weight is 391 g/mol. The summed E-state index contributed by atoms with van der Waals surface area (Å²) in [5, 5.41) is 5.64. The Labute approximate surface area is 168 Å². The zero-order chi connectivity index (χ0) is 20.1. The van der Waals surface area contributed by atoms with Gasteiger partial charge in [0, 0.05) is 35.7 Å². The summed E-state index contributed by atoms with van der Waals surface area (Å²) in [7, 11) is 0. The Balaban J connectivity index is 1.44. The molecule has 1 fully saturated rings. The van der Waals surface area contributed by atoms with E-state index in [1.807, 2.05) is 24.3 Å². The molecule has 2 N–H and O–H groups in total. The molecule has 1 aromatic heterocycles. The van der Waals surface area contributed by atoms with Crippen LogP contribution in [0.4, 0.5) is 17.1 Å². The molecule has 0 spiro atoms. The Morgan fingerprint density at radius 2 is 1.55 bits per heavy atom. The second-order valence-electron chi connectivity index (χ2n) is 6.62. The van der Waals surface area contributed by atoms with E-state index in [0.717, 1.165) is 18.8 Å². The van der Waals surface area contributed by atoms with Crippen molar-refractivity contribution in [3.8, 4) is 0 Å². The Kier molecular flexibility index (Phi) is 5.58.